The Morgan fingerprint density at radius 1 is 1.38 bits per heavy atom. The molecule has 0 aliphatic rings. The van der Waals surface area contributed by atoms with Crippen LogP contribution in [0.25, 0.3) is 11.5 Å². The molecular formula is C11H13N3O2. The Morgan fingerprint density at radius 3 is 2.88 bits per heavy atom. The maximum atomic E-state index is 9.57. The molecule has 0 radical (unpaired) electrons. The Hall–Kier alpha value is -1.88. The van der Waals surface area contributed by atoms with E-state index in [2.05, 4.69) is 15.5 Å². The molecule has 0 unspecified atom stereocenters. The van der Waals surface area contributed by atoms with Crippen molar-refractivity contribution in [2.45, 2.75) is 13.5 Å². The van der Waals surface area contributed by atoms with Crippen LogP contribution in [-0.4, -0.2) is 22.4 Å². The molecule has 0 saturated heterocycles. The largest absolute Gasteiger partial charge is 0.508 e. The number of phenolic OH excluding ortho intramolecular Hbond substituents is 1. The normalized spacial score (nSPS) is 10.6. The minimum Gasteiger partial charge on any atom is -0.508 e. The van der Waals surface area contributed by atoms with E-state index in [9.17, 15) is 5.11 Å². The average Bonchev–Trinajstić information content (AvgIpc) is 2.71. The summed E-state index contributed by atoms with van der Waals surface area (Å²) in [5, 5.41) is 20.3. The minimum atomic E-state index is 0.228. The van der Waals surface area contributed by atoms with Crippen molar-refractivity contribution in [1.29, 1.82) is 0 Å². The maximum absolute atomic E-state index is 9.57. The Kier molecular flexibility index (Phi) is 2.87. The Labute approximate surface area is 93.1 Å². The van der Waals surface area contributed by atoms with Gasteiger partial charge in [-0.25, -0.2) is 0 Å². The maximum Gasteiger partial charge on any atom is 0.247 e. The molecule has 84 valence electrons. The van der Waals surface area contributed by atoms with Crippen LogP contribution in [0.15, 0.2) is 22.6 Å². The summed E-state index contributed by atoms with van der Waals surface area (Å²) in [7, 11) is 1.81. The molecule has 0 saturated carbocycles. The molecule has 1 aromatic carbocycles. The molecule has 0 aliphatic carbocycles. The van der Waals surface area contributed by atoms with Crippen molar-refractivity contribution >= 4 is 0 Å². The van der Waals surface area contributed by atoms with Crippen LogP contribution >= 0.6 is 0 Å². The zero-order valence-electron chi connectivity index (χ0n) is 9.19. The zero-order valence-corrected chi connectivity index (χ0v) is 9.19. The second kappa shape index (κ2) is 4.32. The number of aromatic hydroxyl groups is 1. The summed E-state index contributed by atoms with van der Waals surface area (Å²) in [5.74, 6) is 1.17. The summed E-state index contributed by atoms with van der Waals surface area (Å²) in [5.41, 5.74) is 1.54. The van der Waals surface area contributed by atoms with Crippen LogP contribution in [0.1, 0.15) is 11.5 Å². The fraction of sp³-hybridized carbons (Fsp3) is 0.273. The van der Waals surface area contributed by atoms with E-state index in [0.717, 1.165) is 11.1 Å². The molecule has 0 amide bonds. The monoisotopic (exact) mass is 219 g/mol. The third-order valence-electron chi connectivity index (χ3n) is 2.25. The second-order valence-electron chi connectivity index (χ2n) is 3.53. The zero-order chi connectivity index (χ0) is 11.5. The van der Waals surface area contributed by atoms with Gasteiger partial charge in [0, 0.05) is 5.56 Å². The summed E-state index contributed by atoms with van der Waals surface area (Å²) < 4.78 is 5.41. The van der Waals surface area contributed by atoms with Gasteiger partial charge in [-0.05, 0) is 31.7 Å². The lowest BCUT2D eigenvalue weighted by atomic mass is 10.1. The molecule has 5 nitrogen and oxygen atoms in total. The van der Waals surface area contributed by atoms with Crippen LogP contribution in [0, 0.1) is 6.92 Å². The standard InChI is InChI=1S/C11H13N3O2/c1-7-3-4-8(5-9(7)15)11-14-13-10(16-11)6-12-2/h3-5,12,15H,6H2,1-2H3. The van der Waals surface area contributed by atoms with Gasteiger partial charge in [-0.2, -0.15) is 0 Å². The number of phenols is 1. The fourth-order valence-corrected chi connectivity index (χ4v) is 1.34. The van der Waals surface area contributed by atoms with Crippen LogP contribution in [-0.2, 0) is 6.54 Å². The number of hydrogen-bond donors (Lipinski definition) is 2. The smallest absolute Gasteiger partial charge is 0.247 e. The summed E-state index contributed by atoms with van der Waals surface area (Å²) in [6.07, 6.45) is 0. The predicted molar refractivity (Wildman–Crippen MR) is 58.9 cm³/mol. The molecule has 1 aromatic heterocycles. The number of hydrogen-bond acceptors (Lipinski definition) is 5. The minimum absolute atomic E-state index is 0.228. The Balaban J connectivity index is 2.31. The van der Waals surface area contributed by atoms with Gasteiger partial charge in [-0.1, -0.05) is 6.07 Å². The number of nitrogens with one attached hydrogen (secondary N) is 1. The van der Waals surface area contributed by atoms with Gasteiger partial charge in [0.15, 0.2) is 0 Å². The highest BCUT2D eigenvalue weighted by Gasteiger charge is 2.09. The molecule has 1 heterocycles. The first kappa shape index (κ1) is 10.6. The number of aromatic nitrogens is 2. The number of benzene rings is 1. The van der Waals surface area contributed by atoms with Crippen molar-refractivity contribution in [1.82, 2.24) is 15.5 Å². The second-order valence-corrected chi connectivity index (χ2v) is 3.53. The first-order valence-corrected chi connectivity index (χ1v) is 4.97. The first-order chi connectivity index (χ1) is 7.70. The average molecular weight is 219 g/mol. The topological polar surface area (TPSA) is 71.2 Å². The van der Waals surface area contributed by atoms with Crippen molar-refractivity contribution in [2.24, 2.45) is 0 Å². The highest BCUT2D eigenvalue weighted by Crippen LogP contribution is 2.24. The predicted octanol–water partition coefficient (Wildman–Crippen LogP) is 1.47. The van der Waals surface area contributed by atoms with E-state index in [1.165, 1.54) is 0 Å². The molecule has 2 rings (SSSR count). The quantitative estimate of drug-likeness (QED) is 0.818. The third kappa shape index (κ3) is 2.04. The van der Waals surface area contributed by atoms with Gasteiger partial charge in [-0.3, -0.25) is 0 Å². The van der Waals surface area contributed by atoms with Gasteiger partial charge in [0.1, 0.15) is 5.75 Å². The van der Waals surface area contributed by atoms with Crippen LogP contribution in [0.5, 0.6) is 5.75 Å². The fourth-order valence-electron chi connectivity index (χ4n) is 1.34. The van der Waals surface area contributed by atoms with E-state index in [1.54, 1.807) is 6.07 Å². The first-order valence-electron chi connectivity index (χ1n) is 4.97. The molecule has 2 aromatic rings. The van der Waals surface area contributed by atoms with Crippen LogP contribution in [0.4, 0.5) is 0 Å². The summed E-state index contributed by atoms with van der Waals surface area (Å²) >= 11 is 0. The van der Waals surface area contributed by atoms with E-state index < -0.39 is 0 Å². The Morgan fingerprint density at radius 2 is 2.19 bits per heavy atom. The Bertz CT molecular complexity index is 494. The van der Waals surface area contributed by atoms with Gasteiger partial charge in [0.25, 0.3) is 0 Å². The van der Waals surface area contributed by atoms with Gasteiger partial charge in [0.05, 0.1) is 6.54 Å². The molecule has 16 heavy (non-hydrogen) atoms. The number of nitrogens with zero attached hydrogens (tertiary/aromatic N) is 2. The lowest BCUT2D eigenvalue weighted by molar-refractivity contribution is 0.469. The molecule has 0 bridgehead atoms. The SMILES string of the molecule is CNCc1nnc(-c2ccc(C)c(O)c2)o1. The van der Waals surface area contributed by atoms with Crippen molar-refractivity contribution in [3.05, 3.63) is 29.7 Å². The molecule has 5 heteroatoms. The summed E-state index contributed by atoms with van der Waals surface area (Å²) in [6, 6.07) is 5.27. The molecule has 0 spiro atoms. The van der Waals surface area contributed by atoms with E-state index in [0.29, 0.717) is 18.3 Å². The molecule has 0 fully saturated rings. The van der Waals surface area contributed by atoms with Crippen molar-refractivity contribution in [3.8, 4) is 17.2 Å². The number of aryl methyl sites for hydroxylation is 1. The third-order valence-corrected chi connectivity index (χ3v) is 2.25. The van der Waals surface area contributed by atoms with Crippen molar-refractivity contribution in [2.75, 3.05) is 7.05 Å². The van der Waals surface area contributed by atoms with Gasteiger partial charge >= 0.3 is 0 Å². The highest BCUT2D eigenvalue weighted by atomic mass is 16.4. The highest BCUT2D eigenvalue weighted by molar-refractivity contribution is 5.56. The van der Waals surface area contributed by atoms with E-state index in [1.807, 2.05) is 26.1 Å². The van der Waals surface area contributed by atoms with E-state index in [4.69, 9.17) is 4.42 Å². The van der Waals surface area contributed by atoms with Gasteiger partial charge < -0.3 is 14.8 Å². The van der Waals surface area contributed by atoms with Gasteiger partial charge in [0.2, 0.25) is 11.8 Å². The number of rotatable bonds is 3. The molecule has 0 aliphatic heterocycles. The molecule has 2 N–H and O–H groups in total. The van der Waals surface area contributed by atoms with Crippen LogP contribution < -0.4 is 5.32 Å². The van der Waals surface area contributed by atoms with E-state index >= 15 is 0 Å². The summed E-state index contributed by atoms with van der Waals surface area (Å²) in [4.78, 5) is 0. The van der Waals surface area contributed by atoms with Crippen molar-refractivity contribution in [3.63, 3.8) is 0 Å². The van der Waals surface area contributed by atoms with Crippen LogP contribution in [0.2, 0.25) is 0 Å². The van der Waals surface area contributed by atoms with Gasteiger partial charge in [-0.15, -0.1) is 10.2 Å². The lowest BCUT2D eigenvalue weighted by Gasteiger charge is -1.99. The van der Waals surface area contributed by atoms with Crippen LogP contribution in [0.3, 0.4) is 0 Å². The molecular weight excluding hydrogens is 206 g/mol. The molecule has 0 atom stereocenters. The van der Waals surface area contributed by atoms with E-state index in [-0.39, 0.29) is 5.75 Å². The van der Waals surface area contributed by atoms with Crippen molar-refractivity contribution < 1.29 is 9.52 Å². The summed E-state index contributed by atoms with van der Waals surface area (Å²) in [6.45, 7) is 2.37. The lowest BCUT2D eigenvalue weighted by Crippen LogP contribution is -2.04.